The zero-order chi connectivity index (χ0) is 20.3. The lowest BCUT2D eigenvalue weighted by Crippen LogP contribution is -2.64. The zero-order valence-electron chi connectivity index (χ0n) is 17.4. The first-order chi connectivity index (χ1) is 14.0. The Morgan fingerprint density at radius 1 is 1.28 bits per heavy atom. The Labute approximate surface area is 173 Å². The molecule has 1 amide bonds. The fourth-order valence-electron chi connectivity index (χ4n) is 6.50. The molecule has 2 saturated heterocycles. The lowest BCUT2D eigenvalue weighted by atomic mass is 9.56. The number of carbonyl (C=O) groups excluding carboxylic acids is 1. The third-order valence-electron chi connectivity index (χ3n) is 7.88. The SMILES string of the molecule is CNc1cccc(C2CC2)c1C(=N)C(C)C(=O)N1C2CC3CC1CC(C#N)(C3)C2. The molecule has 3 aliphatic carbocycles. The number of anilines is 1. The topological polar surface area (TPSA) is 80.0 Å². The van der Waals surface area contributed by atoms with E-state index in [4.69, 9.17) is 5.41 Å². The molecule has 0 aromatic heterocycles. The second-order valence-electron chi connectivity index (χ2n) is 9.82. The van der Waals surface area contributed by atoms with E-state index in [1.54, 1.807) is 0 Å². The van der Waals surface area contributed by atoms with E-state index >= 15 is 0 Å². The number of benzene rings is 1. The minimum Gasteiger partial charge on any atom is -0.388 e. The Hall–Kier alpha value is -2.35. The van der Waals surface area contributed by atoms with E-state index in [1.807, 2.05) is 26.1 Å². The Kier molecular flexibility index (Phi) is 4.24. The van der Waals surface area contributed by atoms with Crippen molar-refractivity contribution in [3.63, 3.8) is 0 Å². The van der Waals surface area contributed by atoms with Crippen molar-refractivity contribution in [2.24, 2.45) is 17.3 Å². The highest BCUT2D eigenvalue weighted by Gasteiger charge is 2.56. The van der Waals surface area contributed by atoms with Crippen molar-refractivity contribution in [2.45, 2.75) is 69.9 Å². The quantitative estimate of drug-likeness (QED) is 0.736. The van der Waals surface area contributed by atoms with Crippen LogP contribution >= 0.6 is 0 Å². The minimum atomic E-state index is -0.461. The number of piperidine rings is 2. The molecular weight excluding hydrogens is 360 g/mol. The van der Waals surface area contributed by atoms with Crippen LogP contribution < -0.4 is 5.32 Å². The Bertz CT molecular complexity index is 896. The van der Waals surface area contributed by atoms with Crippen LogP contribution in [0.5, 0.6) is 0 Å². The predicted molar refractivity (Wildman–Crippen MR) is 113 cm³/mol. The Balaban J connectivity index is 1.42. The van der Waals surface area contributed by atoms with Gasteiger partial charge in [-0.15, -0.1) is 0 Å². The van der Waals surface area contributed by atoms with Crippen LogP contribution in [0, 0.1) is 34.0 Å². The maximum Gasteiger partial charge on any atom is 0.231 e. The van der Waals surface area contributed by atoms with Crippen molar-refractivity contribution in [2.75, 3.05) is 12.4 Å². The van der Waals surface area contributed by atoms with Gasteiger partial charge in [0, 0.05) is 30.4 Å². The lowest BCUT2D eigenvalue weighted by molar-refractivity contribution is -0.155. The molecule has 2 heterocycles. The van der Waals surface area contributed by atoms with Gasteiger partial charge < -0.3 is 15.6 Å². The second kappa shape index (κ2) is 6.58. The summed E-state index contributed by atoms with van der Waals surface area (Å²) < 4.78 is 0. The molecule has 5 heteroatoms. The number of carbonyl (C=O) groups is 1. The molecular formula is C24H30N4O. The van der Waals surface area contributed by atoms with Crippen LogP contribution in [0.3, 0.4) is 0 Å². The molecule has 3 saturated carbocycles. The van der Waals surface area contributed by atoms with Gasteiger partial charge in [-0.2, -0.15) is 5.26 Å². The second-order valence-corrected chi connectivity index (χ2v) is 9.82. The van der Waals surface area contributed by atoms with Gasteiger partial charge in [0.1, 0.15) is 0 Å². The Morgan fingerprint density at radius 2 is 1.97 bits per heavy atom. The summed E-state index contributed by atoms with van der Waals surface area (Å²) in [5, 5.41) is 22.0. The molecule has 5 aliphatic rings. The van der Waals surface area contributed by atoms with E-state index in [1.165, 1.54) is 18.4 Å². The molecule has 0 spiro atoms. The number of amides is 1. The van der Waals surface area contributed by atoms with Crippen LogP contribution in [0.1, 0.15) is 68.9 Å². The van der Waals surface area contributed by atoms with Crippen molar-refractivity contribution in [3.05, 3.63) is 29.3 Å². The smallest absolute Gasteiger partial charge is 0.231 e. The summed E-state index contributed by atoms with van der Waals surface area (Å²) in [6, 6.07) is 9.15. The van der Waals surface area contributed by atoms with Gasteiger partial charge in [-0.05, 0) is 75.3 Å². The highest BCUT2D eigenvalue weighted by Crippen LogP contribution is 2.56. The number of rotatable bonds is 5. The normalized spacial score (nSPS) is 33.3. The van der Waals surface area contributed by atoms with Crippen LogP contribution in [0.4, 0.5) is 5.69 Å². The number of nitrogens with zero attached hydrogens (tertiary/aromatic N) is 2. The van der Waals surface area contributed by atoms with Crippen molar-refractivity contribution in [1.29, 1.82) is 10.7 Å². The average molecular weight is 391 g/mol. The van der Waals surface area contributed by atoms with E-state index in [9.17, 15) is 10.1 Å². The number of nitriles is 1. The summed E-state index contributed by atoms with van der Waals surface area (Å²) in [5.74, 6) is 0.748. The van der Waals surface area contributed by atoms with Gasteiger partial charge >= 0.3 is 0 Å². The van der Waals surface area contributed by atoms with Crippen LogP contribution in [-0.4, -0.2) is 35.7 Å². The van der Waals surface area contributed by atoms with Gasteiger partial charge in [0.05, 0.1) is 23.1 Å². The monoisotopic (exact) mass is 390 g/mol. The lowest BCUT2D eigenvalue weighted by Gasteiger charge is -2.59. The molecule has 0 radical (unpaired) electrons. The van der Waals surface area contributed by atoms with Crippen molar-refractivity contribution in [1.82, 2.24) is 4.90 Å². The molecule has 152 valence electrons. The maximum absolute atomic E-state index is 13.6. The molecule has 2 aliphatic heterocycles. The van der Waals surface area contributed by atoms with E-state index < -0.39 is 5.92 Å². The summed E-state index contributed by atoms with van der Waals surface area (Å²) >= 11 is 0. The minimum absolute atomic E-state index is 0.0875. The summed E-state index contributed by atoms with van der Waals surface area (Å²) in [7, 11) is 1.89. The third kappa shape index (κ3) is 2.87. The van der Waals surface area contributed by atoms with Gasteiger partial charge in [0.15, 0.2) is 0 Å². The van der Waals surface area contributed by atoms with Crippen molar-refractivity contribution >= 4 is 17.3 Å². The van der Waals surface area contributed by atoms with Crippen LogP contribution in [0.2, 0.25) is 0 Å². The molecule has 1 aromatic carbocycles. The Morgan fingerprint density at radius 3 is 2.55 bits per heavy atom. The van der Waals surface area contributed by atoms with E-state index in [0.717, 1.165) is 43.4 Å². The zero-order valence-corrected chi connectivity index (χ0v) is 17.4. The van der Waals surface area contributed by atoms with Gasteiger partial charge in [-0.1, -0.05) is 12.1 Å². The first kappa shape index (κ1) is 18.7. The molecule has 5 fully saturated rings. The fraction of sp³-hybridized carbons (Fsp3) is 0.625. The van der Waals surface area contributed by atoms with Crippen LogP contribution in [0.15, 0.2) is 18.2 Å². The molecule has 29 heavy (non-hydrogen) atoms. The summed E-state index contributed by atoms with van der Waals surface area (Å²) in [6.07, 6.45) is 7.07. The van der Waals surface area contributed by atoms with Crippen molar-refractivity contribution in [3.8, 4) is 6.07 Å². The molecule has 4 bridgehead atoms. The molecule has 3 atom stereocenters. The fourth-order valence-corrected chi connectivity index (χ4v) is 6.50. The summed E-state index contributed by atoms with van der Waals surface area (Å²) in [5.41, 5.74) is 3.32. The standard InChI is InChI=1S/C24H30N4O/c1-14(22(26)21-19(16-6-7-16)4-3-5-20(21)27-2)23(29)28-17-8-15-9-18(28)12-24(10-15,11-17)13-25/h3-5,14-18,26-27H,6-12H2,1-2H3. The molecule has 2 N–H and O–H groups in total. The maximum atomic E-state index is 13.6. The first-order valence-corrected chi connectivity index (χ1v) is 11.1. The molecule has 3 unspecified atom stereocenters. The van der Waals surface area contributed by atoms with E-state index in [0.29, 0.717) is 17.5 Å². The predicted octanol–water partition coefficient (Wildman–Crippen LogP) is 4.29. The molecule has 6 rings (SSSR count). The third-order valence-corrected chi connectivity index (χ3v) is 7.88. The largest absolute Gasteiger partial charge is 0.388 e. The summed E-state index contributed by atoms with van der Waals surface area (Å²) in [6.45, 7) is 1.90. The molecule has 1 aromatic rings. The van der Waals surface area contributed by atoms with Gasteiger partial charge in [-0.3, -0.25) is 4.79 Å². The first-order valence-electron chi connectivity index (χ1n) is 11.1. The van der Waals surface area contributed by atoms with Crippen LogP contribution in [-0.2, 0) is 4.79 Å². The molecule has 5 nitrogen and oxygen atoms in total. The van der Waals surface area contributed by atoms with Crippen LogP contribution in [0.25, 0.3) is 0 Å². The van der Waals surface area contributed by atoms with Gasteiger partial charge in [0.25, 0.3) is 0 Å². The number of nitrogens with one attached hydrogen (secondary N) is 2. The summed E-state index contributed by atoms with van der Waals surface area (Å²) in [4.78, 5) is 15.7. The van der Waals surface area contributed by atoms with E-state index in [-0.39, 0.29) is 23.4 Å². The average Bonchev–Trinajstić information content (AvgIpc) is 3.56. The van der Waals surface area contributed by atoms with E-state index in [2.05, 4.69) is 22.4 Å². The number of hydrogen-bond donors (Lipinski definition) is 2. The van der Waals surface area contributed by atoms with Gasteiger partial charge in [-0.25, -0.2) is 0 Å². The highest BCUT2D eigenvalue weighted by atomic mass is 16.2. The highest BCUT2D eigenvalue weighted by molar-refractivity contribution is 6.14. The number of hydrogen-bond acceptors (Lipinski definition) is 4. The van der Waals surface area contributed by atoms with Gasteiger partial charge in [0.2, 0.25) is 5.91 Å². The van der Waals surface area contributed by atoms with Crippen molar-refractivity contribution < 1.29 is 4.79 Å².